The quantitative estimate of drug-likeness (QED) is 0.651. The molecule has 0 saturated carbocycles. The summed E-state index contributed by atoms with van der Waals surface area (Å²) >= 11 is 6.10. The van der Waals surface area contributed by atoms with E-state index in [-0.39, 0.29) is 10.1 Å². The molecule has 0 aliphatic carbocycles. The van der Waals surface area contributed by atoms with E-state index in [1.54, 1.807) is 30.3 Å². The second kappa shape index (κ2) is 6.50. The standard InChI is InChI=1S/C16H12N2O4S2/c19-12-5-3-10(4-6-12)17-7-1-2-11(17)8-13-15(22)18(9-14(20)21)16(23)24-13/h1-8,19H,9H2,(H,20,21)/p-1/b13-8+. The average Bonchev–Trinajstić information content (AvgIpc) is 3.09. The van der Waals surface area contributed by atoms with Crippen LogP contribution in [0.5, 0.6) is 5.75 Å². The lowest BCUT2D eigenvalue weighted by molar-refractivity contribution is -0.305. The van der Waals surface area contributed by atoms with Crippen molar-refractivity contribution < 1.29 is 19.8 Å². The third-order valence-electron chi connectivity index (χ3n) is 3.35. The lowest BCUT2D eigenvalue weighted by Crippen LogP contribution is -2.40. The van der Waals surface area contributed by atoms with Crippen LogP contribution < -0.4 is 5.11 Å². The van der Waals surface area contributed by atoms with Gasteiger partial charge < -0.3 is 19.6 Å². The number of nitrogens with zero attached hydrogens (tertiary/aromatic N) is 2. The number of phenolic OH excluding ortho intramolecular Hbond substituents is 1. The zero-order chi connectivity index (χ0) is 17.3. The summed E-state index contributed by atoms with van der Waals surface area (Å²) in [5.74, 6) is -1.65. The van der Waals surface area contributed by atoms with E-state index in [1.807, 2.05) is 22.9 Å². The molecule has 1 aromatic carbocycles. The van der Waals surface area contributed by atoms with E-state index in [4.69, 9.17) is 12.2 Å². The lowest BCUT2D eigenvalue weighted by Gasteiger charge is -2.14. The van der Waals surface area contributed by atoms with E-state index in [1.165, 1.54) is 0 Å². The number of carboxylic acid groups (broad SMARTS) is 1. The highest BCUT2D eigenvalue weighted by atomic mass is 32.2. The first kappa shape index (κ1) is 16.3. The number of hydrogen-bond donors (Lipinski definition) is 1. The van der Waals surface area contributed by atoms with Crippen LogP contribution in [0.3, 0.4) is 0 Å². The molecule has 1 saturated heterocycles. The van der Waals surface area contributed by atoms with Gasteiger partial charge in [-0.2, -0.15) is 0 Å². The van der Waals surface area contributed by atoms with Gasteiger partial charge in [-0.05, 0) is 42.5 Å². The number of benzene rings is 1. The molecule has 1 aromatic heterocycles. The molecule has 0 spiro atoms. The first-order valence-electron chi connectivity index (χ1n) is 6.87. The number of carbonyl (C=O) groups is 2. The maximum absolute atomic E-state index is 12.3. The van der Waals surface area contributed by atoms with Gasteiger partial charge in [0.15, 0.2) is 0 Å². The Balaban J connectivity index is 1.92. The summed E-state index contributed by atoms with van der Waals surface area (Å²) in [5, 5.41) is 20.1. The van der Waals surface area contributed by atoms with Crippen molar-refractivity contribution in [1.82, 2.24) is 9.47 Å². The van der Waals surface area contributed by atoms with Crippen LogP contribution in [0.4, 0.5) is 0 Å². The fraction of sp³-hybridized carbons (Fsp3) is 0.0625. The summed E-state index contributed by atoms with van der Waals surface area (Å²) in [6.07, 6.45) is 3.47. The van der Waals surface area contributed by atoms with Gasteiger partial charge in [0, 0.05) is 17.6 Å². The van der Waals surface area contributed by atoms with Gasteiger partial charge in [-0.1, -0.05) is 24.0 Å². The molecular weight excluding hydrogens is 348 g/mol. The first-order chi connectivity index (χ1) is 11.5. The van der Waals surface area contributed by atoms with Crippen molar-refractivity contribution in [3.8, 4) is 11.4 Å². The zero-order valence-corrected chi connectivity index (χ0v) is 13.8. The zero-order valence-electron chi connectivity index (χ0n) is 12.2. The number of thioether (sulfide) groups is 1. The number of aromatic hydroxyl groups is 1. The minimum Gasteiger partial charge on any atom is -0.548 e. The molecule has 122 valence electrons. The van der Waals surface area contributed by atoms with Crippen molar-refractivity contribution >= 4 is 46.3 Å². The first-order valence-corrected chi connectivity index (χ1v) is 8.10. The molecule has 1 fully saturated rings. The molecule has 2 aromatic rings. The average molecular weight is 359 g/mol. The van der Waals surface area contributed by atoms with Gasteiger partial charge in [0.1, 0.15) is 10.1 Å². The Bertz CT molecular complexity index is 855. The highest BCUT2D eigenvalue weighted by Gasteiger charge is 2.32. The molecule has 1 N–H and O–H groups in total. The lowest BCUT2D eigenvalue weighted by atomic mass is 10.3. The summed E-state index contributed by atoms with van der Waals surface area (Å²) < 4.78 is 2.03. The second-order valence-corrected chi connectivity index (χ2v) is 6.64. The van der Waals surface area contributed by atoms with E-state index in [9.17, 15) is 19.8 Å². The smallest absolute Gasteiger partial charge is 0.266 e. The molecule has 24 heavy (non-hydrogen) atoms. The van der Waals surface area contributed by atoms with E-state index in [0.29, 0.717) is 4.91 Å². The van der Waals surface area contributed by atoms with Crippen molar-refractivity contribution in [2.45, 2.75) is 0 Å². The number of carbonyl (C=O) groups excluding carboxylic acids is 2. The number of phenols is 1. The van der Waals surface area contributed by atoms with Crippen LogP contribution >= 0.6 is 24.0 Å². The molecule has 6 nitrogen and oxygen atoms in total. The number of hydrogen-bond acceptors (Lipinski definition) is 6. The van der Waals surface area contributed by atoms with Crippen molar-refractivity contribution in [2.75, 3.05) is 6.54 Å². The van der Waals surface area contributed by atoms with E-state index in [2.05, 4.69) is 0 Å². The van der Waals surface area contributed by atoms with Crippen LogP contribution in [0.25, 0.3) is 11.8 Å². The summed E-state index contributed by atoms with van der Waals surface area (Å²) in [6.45, 7) is -0.555. The Morgan fingerprint density at radius 1 is 1.29 bits per heavy atom. The van der Waals surface area contributed by atoms with Gasteiger partial charge in [0.05, 0.1) is 17.4 Å². The van der Waals surface area contributed by atoms with Crippen LogP contribution in [0.1, 0.15) is 5.69 Å². The van der Waals surface area contributed by atoms with Crippen molar-refractivity contribution in [3.05, 3.63) is 53.2 Å². The largest absolute Gasteiger partial charge is 0.548 e. The Morgan fingerprint density at radius 2 is 2.00 bits per heavy atom. The molecular formula is C16H11N2O4S2-. The van der Waals surface area contributed by atoms with Gasteiger partial charge in [0.2, 0.25) is 0 Å². The number of thiocarbonyl (C=S) groups is 1. The second-order valence-electron chi connectivity index (χ2n) is 4.96. The molecule has 8 heteroatoms. The third-order valence-corrected chi connectivity index (χ3v) is 4.73. The van der Waals surface area contributed by atoms with Crippen LogP contribution in [-0.4, -0.2) is 37.3 Å². The van der Waals surface area contributed by atoms with Crippen molar-refractivity contribution in [2.24, 2.45) is 0 Å². The van der Waals surface area contributed by atoms with Crippen LogP contribution in [0, 0.1) is 0 Å². The predicted octanol–water partition coefficient (Wildman–Crippen LogP) is 1.13. The minimum absolute atomic E-state index is 0.163. The summed E-state index contributed by atoms with van der Waals surface area (Å²) in [5.41, 5.74) is 1.55. The van der Waals surface area contributed by atoms with Gasteiger partial charge in [-0.3, -0.25) is 9.69 Å². The molecule has 1 aliphatic heterocycles. The van der Waals surface area contributed by atoms with Gasteiger partial charge >= 0.3 is 0 Å². The van der Waals surface area contributed by atoms with Crippen molar-refractivity contribution in [1.29, 1.82) is 0 Å². The highest BCUT2D eigenvalue weighted by molar-refractivity contribution is 8.26. The normalized spacial score (nSPS) is 16.2. The molecule has 0 bridgehead atoms. The maximum atomic E-state index is 12.3. The Hall–Kier alpha value is -2.58. The van der Waals surface area contributed by atoms with Crippen LogP contribution in [0.15, 0.2) is 47.5 Å². The molecule has 1 aliphatic rings. The molecule has 0 unspecified atom stereocenters. The molecule has 3 rings (SSSR count). The fourth-order valence-corrected chi connectivity index (χ4v) is 3.50. The number of rotatable bonds is 4. The van der Waals surface area contributed by atoms with Crippen LogP contribution in [-0.2, 0) is 9.59 Å². The van der Waals surface area contributed by atoms with Gasteiger partial charge in [-0.15, -0.1) is 0 Å². The Morgan fingerprint density at radius 3 is 2.67 bits per heavy atom. The number of aliphatic carboxylic acids is 1. The van der Waals surface area contributed by atoms with Crippen LogP contribution in [0.2, 0.25) is 0 Å². The fourth-order valence-electron chi connectivity index (χ4n) is 2.26. The maximum Gasteiger partial charge on any atom is 0.266 e. The SMILES string of the molecule is O=C([O-])CN1C(=O)/C(=C\c2cccn2-c2ccc(O)cc2)SC1=S. The van der Waals surface area contributed by atoms with E-state index < -0.39 is 18.4 Å². The van der Waals surface area contributed by atoms with Gasteiger partial charge in [0.25, 0.3) is 5.91 Å². The summed E-state index contributed by atoms with van der Waals surface area (Å²) in [7, 11) is 0. The molecule has 0 radical (unpaired) electrons. The number of amides is 1. The Labute approximate surface area is 147 Å². The minimum atomic E-state index is -1.36. The summed E-state index contributed by atoms with van der Waals surface area (Å²) in [6, 6.07) is 10.3. The van der Waals surface area contributed by atoms with E-state index >= 15 is 0 Å². The van der Waals surface area contributed by atoms with E-state index in [0.717, 1.165) is 28.0 Å². The topological polar surface area (TPSA) is 85.6 Å². The third kappa shape index (κ3) is 3.19. The summed E-state index contributed by atoms with van der Waals surface area (Å²) in [4.78, 5) is 24.4. The molecule has 0 atom stereocenters. The predicted molar refractivity (Wildman–Crippen MR) is 92.3 cm³/mol. The number of aromatic nitrogens is 1. The highest BCUT2D eigenvalue weighted by Crippen LogP contribution is 2.32. The molecule has 1 amide bonds. The van der Waals surface area contributed by atoms with Gasteiger partial charge in [-0.25, -0.2) is 0 Å². The van der Waals surface area contributed by atoms with Crippen molar-refractivity contribution in [3.63, 3.8) is 0 Å². The number of carboxylic acids is 1. The monoisotopic (exact) mass is 359 g/mol. The molecule has 2 heterocycles. The Kier molecular flexibility index (Phi) is 4.41.